The summed E-state index contributed by atoms with van der Waals surface area (Å²) in [6.07, 6.45) is 4.82. The molecule has 0 aliphatic carbocycles. The van der Waals surface area contributed by atoms with Crippen LogP contribution in [0.15, 0.2) is 58.5 Å². The fraction of sp³-hybridized carbons (Fsp3) is 0.381. The molecule has 0 aliphatic heterocycles. The van der Waals surface area contributed by atoms with Crippen LogP contribution in [0.2, 0.25) is 0 Å². The summed E-state index contributed by atoms with van der Waals surface area (Å²) in [5, 5.41) is 3.84. The predicted molar refractivity (Wildman–Crippen MR) is 112 cm³/mol. The van der Waals surface area contributed by atoms with Crippen molar-refractivity contribution in [1.82, 2.24) is 4.83 Å². The van der Waals surface area contributed by atoms with Gasteiger partial charge in [-0.3, -0.25) is 0 Å². The lowest BCUT2D eigenvalue weighted by Gasteiger charge is -2.10. The molecule has 28 heavy (non-hydrogen) atoms. The highest BCUT2D eigenvalue weighted by atomic mass is 32.2. The van der Waals surface area contributed by atoms with Crippen molar-refractivity contribution in [2.75, 3.05) is 6.61 Å². The molecule has 0 unspecified atom stereocenters. The van der Waals surface area contributed by atoms with Crippen LogP contribution in [0.25, 0.3) is 0 Å². The third-order valence-electron chi connectivity index (χ3n) is 3.79. The molecule has 2 aromatic carbocycles. The van der Waals surface area contributed by atoms with Crippen LogP contribution in [0, 0.1) is 0 Å². The van der Waals surface area contributed by atoms with Crippen LogP contribution in [-0.4, -0.2) is 27.3 Å². The van der Waals surface area contributed by atoms with Crippen LogP contribution < -0.4 is 14.3 Å². The number of hydrogen-bond acceptors (Lipinski definition) is 5. The lowest BCUT2D eigenvalue weighted by molar-refractivity contribution is 0.242. The number of nitrogens with one attached hydrogen (secondary N) is 1. The predicted octanol–water partition coefficient (Wildman–Crippen LogP) is 4.36. The maximum absolute atomic E-state index is 12.3. The fourth-order valence-corrected chi connectivity index (χ4v) is 3.18. The minimum absolute atomic E-state index is 0.0262. The SMILES string of the molecule is CCCCCOc1ccc(/C=N/NS(=O)(=O)c2ccc(OC(C)C)cc2)cc1. The molecule has 0 heterocycles. The molecule has 2 rings (SSSR count). The fourth-order valence-electron chi connectivity index (χ4n) is 2.38. The average Bonchev–Trinajstić information content (AvgIpc) is 2.66. The highest BCUT2D eigenvalue weighted by molar-refractivity contribution is 7.89. The summed E-state index contributed by atoms with van der Waals surface area (Å²) in [7, 11) is -3.73. The Morgan fingerprint density at radius 1 is 1.00 bits per heavy atom. The van der Waals surface area contributed by atoms with E-state index in [1.54, 1.807) is 12.1 Å². The van der Waals surface area contributed by atoms with Gasteiger partial charge in [-0.1, -0.05) is 19.8 Å². The molecule has 0 aliphatic rings. The maximum atomic E-state index is 12.3. The molecular formula is C21H28N2O4S. The Bertz CT molecular complexity index is 845. The van der Waals surface area contributed by atoms with Crippen molar-refractivity contribution in [3.63, 3.8) is 0 Å². The van der Waals surface area contributed by atoms with Crippen molar-refractivity contribution in [2.24, 2.45) is 5.10 Å². The Hall–Kier alpha value is -2.54. The van der Waals surface area contributed by atoms with Gasteiger partial charge in [0.2, 0.25) is 0 Å². The van der Waals surface area contributed by atoms with E-state index in [2.05, 4.69) is 16.9 Å². The molecule has 0 atom stereocenters. The Morgan fingerprint density at radius 3 is 2.25 bits per heavy atom. The number of benzene rings is 2. The number of hydrazone groups is 1. The van der Waals surface area contributed by atoms with E-state index in [-0.39, 0.29) is 11.0 Å². The number of nitrogens with zero attached hydrogens (tertiary/aromatic N) is 1. The van der Waals surface area contributed by atoms with E-state index >= 15 is 0 Å². The van der Waals surface area contributed by atoms with E-state index in [1.165, 1.54) is 18.3 Å². The van der Waals surface area contributed by atoms with E-state index in [0.29, 0.717) is 12.4 Å². The smallest absolute Gasteiger partial charge is 0.276 e. The molecular weight excluding hydrogens is 376 g/mol. The highest BCUT2D eigenvalue weighted by Crippen LogP contribution is 2.17. The largest absolute Gasteiger partial charge is 0.494 e. The third kappa shape index (κ3) is 7.23. The molecule has 0 aromatic heterocycles. The molecule has 0 saturated heterocycles. The second-order valence-electron chi connectivity index (χ2n) is 6.62. The van der Waals surface area contributed by atoms with Gasteiger partial charge in [-0.25, -0.2) is 4.83 Å². The van der Waals surface area contributed by atoms with Gasteiger partial charge in [-0.2, -0.15) is 13.5 Å². The normalized spacial score (nSPS) is 11.7. The Labute approximate surface area is 167 Å². The summed E-state index contributed by atoms with van der Waals surface area (Å²) in [4.78, 5) is 2.34. The van der Waals surface area contributed by atoms with Crippen molar-refractivity contribution >= 4 is 16.2 Å². The van der Waals surface area contributed by atoms with Crippen molar-refractivity contribution < 1.29 is 17.9 Å². The zero-order valence-corrected chi connectivity index (χ0v) is 17.4. The maximum Gasteiger partial charge on any atom is 0.276 e. The summed E-state index contributed by atoms with van der Waals surface area (Å²) in [5.74, 6) is 1.41. The van der Waals surface area contributed by atoms with Gasteiger partial charge in [0.25, 0.3) is 10.0 Å². The Morgan fingerprint density at radius 2 is 1.64 bits per heavy atom. The monoisotopic (exact) mass is 404 g/mol. The minimum atomic E-state index is -3.73. The zero-order chi connectivity index (χ0) is 20.4. The summed E-state index contributed by atoms with van der Waals surface area (Å²) in [6, 6.07) is 13.6. The Kier molecular flexibility index (Phi) is 8.32. The van der Waals surface area contributed by atoms with Crippen LogP contribution in [0.3, 0.4) is 0 Å². The lowest BCUT2D eigenvalue weighted by atomic mass is 10.2. The van der Waals surface area contributed by atoms with Gasteiger partial charge in [0.05, 0.1) is 23.8 Å². The van der Waals surface area contributed by atoms with Gasteiger partial charge in [0.1, 0.15) is 11.5 Å². The number of ether oxygens (including phenoxy) is 2. The van der Waals surface area contributed by atoms with Crippen molar-refractivity contribution in [3.8, 4) is 11.5 Å². The van der Waals surface area contributed by atoms with Gasteiger partial charge in [0.15, 0.2) is 0 Å². The van der Waals surface area contributed by atoms with Crippen molar-refractivity contribution in [1.29, 1.82) is 0 Å². The summed E-state index contributed by atoms with van der Waals surface area (Å²) in [6.45, 7) is 6.67. The molecule has 7 heteroatoms. The molecule has 0 fully saturated rings. The third-order valence-corrected chi connectivity index (χ3v) is 5.03. The van der Waals surface area contributed by atoms with Gasteiger partial charge in [-0.05, 0) is 74.4 Å². The highest BCUT2D eigenvalue weighted by Gasteiger charge is 2.12. The Balaban J connectivity index is 1.90. The van der Waals surface area contributed by atoms with Crippen LogP contribution >= 0.6 is 0 Å². The molecule has 6 nitrogen and oxygen atoms in total. The molecule has 2 aromatic rings. The van der Waals surface area contributed by atoms with Crippen molar-refractivity contribution in [3.05, 3.63) is 54.1 Å². The van der Waals surface area contributed by atoms with E-state index in [9.17, 15) is 8.42 Å². The molecule has 1 N–H and O–H groups in total. The van der Waals surface area contributed by atoms with E-state index < -0.39 is 10.0 Å². The molecule has 152 valence electrons. The first kappa shape index (κ1) is 21.8. The van der Waals surface area contributed by atoms with Crippen molar-refractivity contribution in [2.45, 2.75) is 51.0 Å². The van der Waals surface area contributed by atoms with Crippen LogP contribution in [0.1, 0.15) is 45.6 Å². The van der Waals surface area contributed by atoms with Crippen LogP contribution in [0.4, 0.5) is 0 Å². The van der Waals surface area contributed by atoms with E-state index in [0.717, 1.165) is 30.6 Å². The first-order chi connectivity index (χ1) is 13.4. The summed E-state index contributed by atoms with van der Waals surface area (Å²) >= 11 is 0. The van der Waals surface area contributed by atoms with Gasteiger partial charge >= 0.3 is 0 Å². The van der Waals surface area contributed by atoms with E-state index in [1.807, 2.05) is 38.1 Å². The molecule has 0 spiro atoms. The summed E-state index contributed by atoms with van der Waals surface area (Å²) in [5.41, 5.74) is 0.768. The minimum Gasteiger partial charge on any atom is -0.494 e. The molecule has 0 amide bonds. The van der Waals surface area contributed by atoms with Crippen LogP contribution in [0.5, 0.6) is 11.5 Å². The quantitative estimate of drug-likeness (QED) is 0.343. The number of unbranched alkanes of at least 4 members (excludes halogenated alkanes) is 2. The second kappa shape index (κ2) is 10.7. The first-order valence-corrected chi connectivity index (χ1v) is 10.9. The first-order valence-electron chi connectivity index (χ1n) is 9.45. The topological polar surface area (TPSA) is 77.0 Å². The summed E-state index contributed by atoms with van der Waals surface area (Å²) < 4.78 is 35.8. The number of rotatable bonds is 11. The molecule has 0 radical (unpaired) electrons. The number of sulfonamides is 1. The van der Waals surface area contributed by atoms with E-state index in [4.69, 9.17) is 9.47 Å². The van der Waals surface area contributed by atoms with Crippen LogP contribution in [-0.2, 0) is 10.0 Å². The van der Waals surface area contributed by atoms with Gasteiger partial charge in [-0.15, -0.1) is 0 Å². The standard InChI is InChI=1S/C21H28N2O4S/c1-4-5-6-15-26-19-9-7-18(8-10-19)16-22-23-28(24,25)21-13-11-20(12-14-21)27-17(2)3/h7-14,16-17,23H,4-6,15H2,1-3H3/b22-16+. The molecule has 0 saturated carbocycles. The lowest BCUT2D eigenvalue weighted by Crippen LogP contribution is -2.18. The van der Waals surface area contributed by atoms with Gasteiger partial charge < -0.3 is 9.47 Å². The second-order valence-corrected chi connectivity index (χ2v) is 8.28. The average molecular weight is 405 g/mol. The van der Waals surface area contributed by atoms with Gasteiger partial charge in [0, 0.05) is 0 Å². The molecule has 0 bridgehead atoms. The zero-order valence-electron chi connectivity index (χ0n) is 16.6. The number of hydrogen-bond donors (Lipinski definition) is 1.